The van der Waals surface area contributed by atoms with Crippen LogP contribution < -0.4 is 4.74 Å². The number of benzene rings is 2. The van der Waals surface area contributed by atoms with Crippen LogP contribution in [0.15, 0.2) is 48.5 Å². The standard InChI is InChI=1S/C15H13NO2S/c17-9-11-4-3-5-12(8-11)18-10-15-16-13-6-1-2-7-14(13)19-15/h1-8,17H,9-10H2. The van der Waals surface area contributed by atoms with E-state index in [1.807, 2.05) is 42.5 Å². The van der Waals surface area contributed by atoms with Crippen LogP contribution in [0.25, 0.3) is 10.2 Å². The van der Waals surface area contributed by atoms with Crippen LogP contribution in [0.4, 0.5) is 0 Å². The Bertz CT molecular complexity index is 660. The highest BCUT2D eigenvalue weighted by Gasteiger charge is 2.04. The van der Waals surface area contributed by atoms with Crippen LogP contribution in [0.2, 0.25) is 0 Å². The Morgan fingerprint density at radius 3 is 2.84 bits per heavy atom. The summed E-state index contributed by atoms with van der Waals surface area (Å²) < 4.78 is 6.87. The third-order valence-corrected chi connectivity index (χ3v) is 3.79. The molecular formula is C15H13NO2S. The van der Waals surface area contributed by atoms with E-state index in [2.05, 4.69) is 11.1 Å². The molecule has 1 N–H and O–H groups in total. The molecule has 0 aliphatic heterocycles. The summed E-state index contributed by atoms with van der Waals surface area (Å²) in [6, 6.07) is 15.5. The molecule has 0 saturated carbocycles. The molecule has 0 aliphatic carbocycles. The van der Waals surface area contributed by atoms with E-state index in [4.69, 9.17) is 9.84 Å². The monoisotopic (exact) mass is 271 g/mol. The lowest BCUT2D eigenvalue weighted by molar-refractivity contribution is 0.278. The zero-order valence-corrected chi connectivity index (χ0v) is 11.1. The molecule has 0 radical (unpaired) electrons. The molecule has 0 saturated heterocycles. The second kappa shape index (κ2) is 5.38. The summed E-state index contributed by atoms with van der Waals surface area (Å²) >= 11 is 1.64. The van der Waals surface area contributed by atoms with Gasteiger partial charge in [0, 0.05) is 0 Å². The van der Waals surface area contributed by atoms with Crippen molar-refractivity contribution in [1.82, 2.24) is 4.98 Å². The number of hydrogen-bond donors (Lipinski definition) is 1. The molecular weight excluding hydrogens is 258 g/mol. The molecule has 2 aromatic carbocycles. The van der Waals surface area contributed by atoms with Crippen LogP contribution in [0.3, 0.4) is 0 Å². The SMILES string of the molecule is OCc1cccc(OCc2nc3ccccc3s2)c1. The average Bonchev–Trinajstić information content (AvgIpc) is 2.88. The van der Waals surface area contributed by atoms with Crippen molar-refractivity contribution in [3.05, 3.63) is 59.1 Å². The summed E-state index contributed by atoms with van der Waals surface area (Å²) in [6.45, 7) is 0.479. The first-order valence-electron chi connectivity index (χ1n) is 6.02. The van der Waals surface area contributed by atoms with E-state index in [9.17, 15) is 0 Å². The van der Waals surface area contributed by atoms with E-state index < -0.39 is 0 Å². The van der Waals surface area contributed by atoms with Gasteiger partial charge in [-0.3, -0.25) is 0 Å². The molecule has 0 unspecified atom stereocenters. The highest BCUT2D eigenvalue weighted by molar-refractivity contribution is 7.18. The molecule has 3 aromatic rings. The Balaban J connectivity index is 1.74. The smallest absolute Gasteiger partial charge is 0.140 e. The van der Waals surface area contributed by atoms with Crippen LogP contribution >= 0.6 is 11.3 Å². The highest BCUT2D eigenvalue weighted by atomic mass is 32.1. The Labute approximate surface area is 115 Å². The Morgan fingerprint density at radius 2 is 2.00 bits per heavy atom. The molecule has 0 aliphatic rings. The number of nitrogens with zero attached hydrogens (tertiary/aromatic N) is 1. The summed E-state index contributed by atoms with van der Waals surface area (Å²) in [5.41, 5.74) is 1.86. The van der Waals surface area contributed by atoms with Crippen LogP contribution in [-0.4, -0.2) is 10.1 Å². The largest absolute Gasteiger partial charge is 0.486 e. The Morgan fingerprint density at radius 1 is 1.11 bits per heavy atom. The summed E-state index contributed by atoms with van der Waals surface area (Å²) in [6.07, 6.45) is 0. The molecule has 0 amide bonds. The van der Waals surface area contributed by atoms with Gasteiger partial charge in [-0.25, -0.2) is 4.98 Å². The zero-order chi connectivity index (χ0) is 13.1. The molecule has 1 heterocycles. The number of rotatable bonds is 4. The minimum absolute atomic E-state index is 0.0261. The molecule has 3 rings (SSSR count). The van der Waals surface area contributed by atoms with Gasteiger partial charge in [0.2, 0.25) is 0 Å². The van der Waals surface area contributed by atoms with Gasteiger partial charge in [-0.05, 0) is 29.8 Å². The fourth-order valence-electron chi connectivity index (χ4n) is 1.86. The molecule has 4 heteroatoms. The molecule has 19 heavy (non-hydrogen) atoms. The lowest BCUT2D eigenvalue weighted by Gasteiger charge is -2.05. The molecule has 0 atom stereocenters. The van der Waals surface area contributed by atoms with E-state index in [-0.39, 0.29) is 6.61 Å². The van der Waals surface area contributed by atoms with E-state index in [0.717, 1.165) is 21.8 Å². The maximum Gasteiger partial charge on any atom is 0.140 e. The fourth-order valence-corrected chi connectivity index (χ4v) is 2.74. The number of thiazole rings is 1. The highest BCUT2D eigenvalue weighted by Crippen LogP contribution is 2.23. The van der Waals surface area contributed by atoms with Crippen molar-refractivity contribution >= 4 is 21.6 Å². The number of fused-ring (bicyclic) bond motifs is 1. The minimum Gasteiger partial charge on any atom is -0.486 e. The number of para-hydroxylation sites is 1. The van der Waals surface area contributed by atoms with Crippen molar-refractivity contribution in [2.24, 2.45) is 0 Å². The second-order valence-electron chi connectivity index (χ2n) is 4.17. The number of aliphatic hydroxyl groups is 1. The van der Waals surface area contributed by atoms with Gasteiger partial charge in [-0.2, -0.15) is 0 Å². The van der Waals surface area contributed by atoms with Crippen LogP contribution in [0, 0.1) is 0 Å². The van der Waals surface area contributed by atoms with Crippen LogP contribution in [0.5, 0.6) is 5.75 Å². The van der Waals surface area contributed by atoms with Crippen molar-refractivity contribution in [1.29, 1.82) is 0 Å². The third kappa shape index (κ3) is 2.75. The van der Waals surface area contributed by atoms with Crippen molar-refractivity contribution < 1.29 is 9.84 Å². The third-order valence-electron chi connectivity index (χ3n) is 2.78. The first-order valence-corrected chi connectivity index (χ1v) is 6.84. The summed E-state index contributed by atoms with van der Waals surface area (Å²) in [7, 11) is 0. The van der Waals surface area contributed by atoms with Crippen molar-refractivity contribution in [3.63, 3.8) is 0 Å². The zero-order valence-electron chi connectivity index (χ0n) is 10.2. The van der Waals surface area contributed by atoms with Gasteiger partial charge < -0.3 is 9.84 Å². The van der Waals surface area contributed by atoms with Gasteiger partial charge in [0.25, 0.3) is 0 Å². The predicted molar refractivity (Wildman–Crippen MR) is 76.3 cm³/mol. The summed E-state index contributed by atoms with van der Waals surface area (Å²) in [4.78, 5) is 4.51. The van der Waals surface area contributed by atoms with E-state index >= 15 is 0 Å². The maximum absolute atomic E-state index is 9.08. The topological polar surface area (TPSA) is 42.4 Å². The van der Waals surface area contributed by atoms with E-state index in [1.54, 1.807) is 11.3 Å². The maximum atomic E-state index is 9.08. The first kappa shape index (κ1) is 12.1. The van der Waals surface area contributed by atoms with Gasteiger partial charge in [0.1, 0.15) is 17.4 Å². The van der Waals surface area contributed by atoms with E-state index in [0.29, 0.717) is 6.61 Å². The number of ether oxygens (including phenoxy) is 1. The van der Waals surface area contributed by atoms with Crippen molar-refractivity contribution in [2.45, 2.75) is 13.2 Å². The predicted octanol–water partition coefficient (Wildman–Crippen LogP) is 3.37. The fraction of sp³-hybridized carbons (Fsp3) is 0.133. The Hall–Kier alpha value is -1.91. The number of aromatic nitrogens is 1. The van der Waals surface area contributed by atoms with E-state index in [1.165, 1.54) is 4.70 Å². The van der Waals surface area contributed by atoms with Crippen LogP contribution in [0.1, 0.15) is 10.6 Å². The van der Waals surface area contributed by atoms with Gasteiger partial charge in [-0.15, -0.1) is 11.3 Å². The normalized spacial score (nSPS) is 10.8. The average molecular weight is 271 g/mol. The lowest BCUT2D eigenvalue weighted by Crippen LogP contribution is -1.95. The quantitative estimate of drug-likeness (QED) is 0.791. The summed E-state index contributed by atoms with van der Waals surface area (Å²) in [5, 5.41) is 10.0. The van der Waals surface area contributed by atoms with Crippen molar-refractivity contribution in [2.75, 3.05) is 0 Å². The van der Waals surface area contributed by atoms with Crippen molar-refractivity contribution in [3.8, 4) is 5.75 Å². The molecule has 0 fully saturated rings. The molecule has 1 aromatic heterocycles. The van der Waals surface area contributed by atoms with Crippen LogP contribution in [-0.2, 0) is 13.2 Å². The summed E-state index contributed by atoms with van der Waals surface area (Å²) in [5.74, 6) is 0.755. The number of hydrogen-bond acceptors (Lipinski definition) is 4. The lowest BCUT2D eigenvalue weighted by atomic mass is 10.2. The minimum atomic E-state index is 0.0261. The van der Waals surface area contributed by atoms with Gasteiger partial charge in [0.15, 0.2) is 0 Å². The number of aliphatic hydroxyl groups excluding tert-OH is 1. The molecule has 3 nitrogen and oxygen atoms in total. The van der Waals surface area contributed by atoms with Gasteiger partial charge in [-0.1, -0.05) is 24.3 Å². The molecule has 0 spiro atoms. The second-order valence-corrected chi connectivity index (χ2v) is 5.28. The molecule has 0 bridgehead atoms. The molecule has 96 valence electrons. The van der Waals surface area contributed by atoms with Gasteiger partial charge >= 0.3 is 0 Å². The van der Waals surface area contributed by atoms with Gasteiger partial charge in [0.05, 0.1) is 16.8 Å². The Kier molecular flexibility index (Phi) is 3.44. The first-order chi connectivity index (χ1) is 9.35.